The van der Waals surface area contributed by atoms with Crippen molar-refractivity contribution in [3.63, 3.8) is 0 Å². The van der Waals surface area contributed by atoms with Crippen LogP contribution in [0.25, 0.3) is 89.6 Å². The van der Waals surface area contributed by atoms with Crippen LogP contribution in [0, 0.1) is 11.3 Å². The van der Waals surface area contributed by atoms with E-state index in [1.54, 1.807) is 0 Å². The number of aromatic hydroxyl groups is 1. The van der Waals surface area contributed by atoms with Crippen LogP contribution in [-0.2, 0) is 21.7 Å². The van der Waals surface area contributed by atoms with Gasteiger partial charge in [0.05, 0.1) is 50.6 Å². The zero-order valence-corrected chi connectivity index (χ0v) is 49.3. The molecule has 2 aromatic heterocycles. The molecule has 0 saturated heterocycles. The normalized spacial score (nSPS) is 12.6. The average Bonchev–Trinajstić information content (AvgIpc) is 4.10. The summed E-state index contributed by atoms with van der Waals surface area (Å²) in [4.78, 5) is 11.4. The summed E-state index contributed by atoms with van der Waals surface area (Å²) < 4.78 is 4.64. The van der Waals surface area contributed by atoms with Gasteiger partial charge in [-0.05, 0) is 150 Å². The third-order valence-electron chi connectivity index (χ3n) is 15.8. The lowest BCUT2D eigenvalue weighted by molar-refractivity contribution is 0.446. The van der Waals surface area contributed by atoms with E-state index < -0.39 is 0 Å². The summed E-state index contributed by atoms with van der Waals surface area (Å²) in [5.74, 6) is 2.01. The van der Waals surface area contributed by atoms with Gasteiger partial charge in [0.25, 0.3) is 0 Å². The van der Waals surface area contributed by atoms with Gasteiger partial charge in [-0.15, -0.1) is 0 Å². The first-order valence-corrected chi connectivity index (χ1v) is 28.2. The highest BCUT2D eigenvalue weighted by atomic mass is 16.3. The molecule has 0 aliphatic carbocycles. The molecule has 400 valence electrons. The lowest BCUT2D eigenvalue weighted by Gasteiger charge is -2.28. The van der Waals surface area contributed by atoms with Crippen LogP contribution in [0.15, 0.2) is 158 Å². The first-order chi connectivity index (χ1) is 37.2. The Kier molecular flexibility index (Phi) is 13.8. The SMILES string of the molecule is CC(C)c1cc(-c2ccccc2)cc(C(C)C)c1-n1c(-c2cc(C(C)(C)C)cc(C(C)(C)C)c2O)nc2c(-c3cc(-c4nc5ccc(C#N)cc5n4-c4ccc(C(C)(C)C)cc4-c4ccccc4)cc(C(C)(C)C)c3)cccc21. The second kappa shape index (κ2) is 20.0. The third kappa shape index (κ3) is 10.2. The van der Waals surface area contributed by atoms with Crippen molar-refractivity contribution >= 4 is 22.1 Å². The van der Waals surface area contributed by atoms with Gasteiger partial charge in [0.2, 0.25) is 0 Å². The van der Waals surface area contributed by atoms with Crippen LogP contribution in [0.5, 0.6) is 5.75 Å². The summed E-state index contributed by atoms with van der Waals surface area (Å²) in [5.41, 5.74) is 20.1. The van der Waals surface area contributed by atoms with Crippen molar-refractivity contribution in [1.29, 1.82) is 5.26 Å². The molecule has 6 heteroatoms. The molecule has 0 atom stereocenters. The van der Waals surface area contributed by atoms with E-state index in [-0.39, 0.29) is 39.2 Å². The number of para-hydroxylation sites is 1. The monoisotopic (exact) mass is 1040 g/mol. The Bertz CT molecular complexity index is 3970. The van der Waals surface area contributed by atoms with Crippen LogP contribution in [0.4, 0.5) is 0 Å². The van der Waals surface area contributed by atoms with Crippen molar-refractivity contribution in [2.24, 2.45) is 0 Å². The van der Waals surface area contributed by atoms with Crippen molar-refractivity contribution in [3.05, 3.63) is 197 Å². The maximum atomic E-state index is 12.9. The van der Waals surface area contributed by atoms with Gasteiger partial charge in [-0.2, -0.15) is 5.26 Å². The molecule has 2 heterocycles. The fraction of sp³-hybridized carbons (Fsp3) is 0.301. The summed E-state index contributed by atoms with van der Waals surface area (Å²) in [6.07, 6.45) is 0. The number of aromatic nitrogens is 4. The molecule has 6 nitrogen and oxygen atoms in total. The van der Waals surface area contributed by atoms with Gasteiger partial charge < -0.3 is 5.11 Å². The molecule has 10 aromatic rings. The second-order valence-corrected chi connectivity index (χ2v) is 26.5. The minimum atomic E-state index is -0.363. The molecule has 8 aromatic carbocycles. The van der Waals surface area contributed by atoms with Crippen molar-refractivity contribution < 1.29 is 5.11 Å². The van der Waals surface area contributed by atoms with Gasteiger partial charge in [0.15, 0.2) is 0 Å². The van der Waals surface area contributed by atoms with Crippen LogP contribution in [0.2, 0.25) is 0 Å². The zero-order valence-electron chi connectivity index (χ0n) is 49.3. The third-order valence-corrected chi connectivity index (χ3v) is 15.8. The number of nitriles is 1. The molecule has 0 unspecified atom stereocenters. The van der Waals surface area contributed by atoms with Crippen molar-refractivity contribution in [2.45, 2.75) is 144 Å². The predicted octanol–water partition coefficient (Wildman–Crippen LogP) is 19.7. The molecule has 0 radical (unpaired) electrons. The maximum Gasteiger partial charge on any atom is 0.149 e. The topological polar surface area (TPSA) is 79.7 Å². The largest absolute Gasteiger partial charge is 0.507 e. The Labute approximate surface area is 469 Å². The Balaban J connectivity index is 1.32. The van der Waals surface area contributed by atoms with Gasteiger partial charge in [-0.3, -0.25) is 9.13 Å². The van der Waals surface area contributed by atoms with E-state index in [0.29, 0.717) is 17.0 Å². The lowest BCUT2D eigenvalue weighted by Crippen LogP contribution is -2.17. The molecule has 0 spiro atoms. The number of hydrogen-bond acceptors (Lipinski definition) is 4. The van der Waals surface area contributed by atoms with Gasteiger partial charge >= 0.3 is 0 Å². The number of phenols is 1. The van der Waals surface area contributed by atoms with Crippen molar-refractivity contribution in [3.8, 4) is 79.3 Å². The zero-order chi connectivity index (χ0) is 56.7. The number of benzene rings is 8. The fourth-order valence-electron chi connectivity index (χ4n) is 11.1. The minimum Gasteiger partial charge on any atom is -0.507 e. The van der Waals surface area contributed by atoms with Crippen LogP contribution in [0.3, 0.4) is 0 Å². The molecule has 0 aliphatic heterocycles. The molecule has 0 amide bonds. The van der Waals surface area contributed by atoms with Crippen molar-refractivity contribution in [1.82, 2.24) is 19.1 Å². The molecule has 10 rings (SSSR count). The van der Waals surface area contributed by atoms with E-state index in [1.807, 2.05) is 18.2 Å². The predicted molar refractivity (Wildman–Crippen MR) is 332 cm³/mol. The Morgan fingerprint density at radius 2 is 1.03 bits per heavy atom. The summed E-state index contributed by atoms with van der Waals surface area (Å²) in [6.45, 7) is 36.0. The van der Waals surface area contributed by atoms with E-state index in [4.69, 9.17) is 9.97 Å². The first kappa shape index (κ1) is 54.3. The highest BCUT2D eigenvalue weighted by Crippen LogP contribution is 2.48. The summed E-state index contributed by atoms with van der Waals surface area (Å²) in [5, 5.41) is 23.2. The van der Waals surface area contributed by atoms with Crippen LogP contribution in [-0.4, -0.2) is 24.2 Å². The van der Waals surface area contributed by atoms with Gasteiger partial charge in [0, 0.05) is 22.3 Å². The highest BCUT2D eigenvalue weighted by Gasteiger charge is 2.32. The molecular weight excluding hydrogens is 963 g/mol. The number of rotatable bonds is 9. The second-order valence-electron chi connectivity index (χ2n) is 26.5. The van der Waals surface area contributed by atoms with Gasteiger partial charge in [-0.1, -0.05) is 202 Å². The van der Waals surface area contributed by atoms with Crippen molar-refractivity contribution in [2.75, 3.05) is 0 Å². The van der Waals surface area contributed by atoms with E-state index in [2.05, 4.69) is 266 Å². The minimum absolute atomic E-state index is 0.0962. The molecular formula is C73H77N5O. The quantitative estimate of drug-likeness (QED) is 0.156. The van der Waals surface area contributed by atoms with E-state index in [9.17, 15) is 10.4 Å². The number of fused-ring (bicyclic) bond motifs is 2. The van der Waals surface area contributed by atoms with Gasteiger partial charge in [-0.25, -0.2) is 9.97 Å². The van der Waals surface area contributed by atoms with E-state index in [1.165, 1.54) is 27.8 Å². The highest BCUT2D eigenvalue weighted by molar-refractivity contribution is 5.98. The summed E-state index contributed by atoms with van der Waals surface area (Å²) in [7, 11) is 0. The number of imidazole rings is 2. The van der Waals surface area contributed by atoms with Gasteiger partial charge in [0.1, 0.15) is 17.4 Å². The molecule has 79 heavy (non-hydrogen) atoms. The summed E-state index contributed by atoms with van der Waals surface area (Å²) >= 11 is 0. The van der Waals surface area contributed by atoms with E-state index >= 15 is 0 Å². The van der Waals surface area contributed by atoms with E-state index in [0.717, 1.165) is 83.8 Å². The summed E-state index contributed by atoms with van der Waals surface area (Å²) in [6, 6.07) is 58.9. The fourth-order valence-corrected chi connectivity index (χ4v) is 11.1. The molecule has 1 N–H and O–H groups in total. The Morgan fingerprint density at radius 3 is 1.61 bits per heavy atom. The molecule has 0 aliphatic rings. The molecule has 0 fully saturated rings. The Hall–Kier alpha value is -8.01. The maximum absolute atomic E-state index is 12.9. The number of phenolic OH excluding ortho intramolecular Hbond substituents is 1. The lowest BCUT2D eigenvalue weighted by atomic mass is 9.78. The van der Waals surface area contributed by atoms with Crippen LogP contribution >= 0.6 is 0 Å². The van der Waals surface area contributed by atoms with Crippen LogP contribution < -0.4 is 0 Å². The molecule has 0 saturated carbocycles. The standard InChI is InChI=1S/C73H77N5O/c1-44(2)56-38-49(47-24-19-17-20-25-47)39-57(45(3)4)66(56)78-63-29-23-28-55(65(63)76-69(78)59-41-54(72(11,12)13)42-60(67(59)79)73(14,15)16)50-35-51(37-53(36-50)71(8,9)10)68-75-61-32-30-46(43-74)34-64(61)77(68)62-33-31-52(70(5,6)7)40-58(62)48-26-21-18-22-27-48/h17-42,44-45,79H,1-16H3. The van der Waals surface area contributed by atoms with Crippen LogP contribution in [0.1, 0.15) is 162 Å². The average molecular weight is 1040 g/mol. The molecule has 0 bridgehead atoms. The number of nitrogens with zero attached hydrogens (tertiary/aromatic N) is 5. The number of hydrogen-bond donors (Lipinski definition) is 1. The first-order valence-electron chi connectivity index (χ1n) is 28.2. The smallest absolute Gasteiger partial charge is 0.149 e. The Morgan fingerprint density at radius 1 is 0.443 bits per heavy atom.